The predicted molar refractivity (Wildman–Crippen MR) is 94.2 cm³/mol. The van der Waals surface area contributed by atoms with Crippen molar-refractivity contribution in [3.05, 3.63) is 81.6 Å². The molecule has 0 unspecified atom stereocenters. The summed E-state index contributed by atoms with van der Waals surface area (Å²) < 4.78 is 16.0. The number of benzene rings is 2. The second-order valence-electron chi connectivity index (χ2n) is 5.58. The van der Waals surface area contributed by atoms with Gasteiger partial charge in [-0.15, -0.1) is 0 Å². The molecular formula is C18H12ClFN4O. The number of halogens is 2. The third-order valence-corrected chi connectivity index (χ3v) is 4.16. The maximum absolute atomic E-state index is 13.2. The van der Waals surface area contributed by atoms with E-state index in [1.165, 1.54) is 21.5 Å². The van der Waals surface area contributed by atoms with E-state index >= 15 is 0 Å². The largest absolute Gasteiger partial charge is 0.298 e. The molecule has 2 heterocycles. The summed E-state index contributed by atoms with van der Waals surface area (Å²) in [6.45, 7) is 1.81. The van der Waals surface area contributed by atoms with Crippen LogP contribution in [0.5, 0.6) is 0 Å². The van der Waals surface area contributed by atoms with Crippen LogP contribution in [0.1, 0.15) is 5.69 Å². The maximum atomic E-state index is 13.2. The molecule has 0 atom stereocenters. The van der Waals surface area contributed by atoms with Crippen LogP contribution in [0.15, 0.2) is 59.5 Å². The van der Waals surface area contributed by atoms with Gasteiger partial charge in [0.1, 0.15) is 11.3 Å². The Morgan fingerprint density at radius 3 is 2.52 bits per heavy atom. The van der Waals surface area contributed by atoms with Crippen LogP contribution in [0.3, 0.4) is 0 Å². The number of hydrogen-bond acceptors (Lipinski definition) is 3. The van der Waals surface area contributed by atoms with E-state index in [0.29, 0.717) is 33.0 Å². The highest BCUT2D eigenvalue weighted by Gasteiger charge is 2.16. The number of fused-ring (bicyclic) bond motifs is 1. The van der Waals surface area contributed by atoms with Gasteiger partial charge < -0.3 is 0 Å². The number of aryl methyl sites for hydroxylation is 1. The van der Waals surface area contributed by atoms with Crippen LogP contribution in [0, 0.1) is 12.7 Å². The maximum Gasteiger partial charge on any atom is 0.298 e. The van der Waals surface area contributed by atoms with Crippen LogP contribution >= 0.6 is 11.6 Å². The Hall–Kier alpha value is -2.99. The van der Waals surface area contributed by atoms with Gasteiger partial charge in [-0.05, 0) is 49.4 Å². The van der Waals surface area contributed by atoms with Crippen molar-refractivity contribution in [2.24, 2.45) is 0 Å². The predicted octanol–water partition coefficient (Wildman–Crippen LogP) is 3.67. The molecule has 2 aromatic carbocycles. The lowest BCUT2D eigenvalue weighted by atomic mass is 10.2. The van der Waals surface area contributed by atoms with Gasteiger partial charge in [0, 0.05) is 10.4 Å². The van der Waals surface area contributed by atoms with Crippen LogP contribution in [0.2, 0.25) is 5.02 Å². The van der Waals surface area contributed by atoms with Crippen LogP contribution in [0.25, 0.3) is 22.3 Å². The minimum atomic E-state index is -0.352. The van der Waals surface area contributed by atoms with Gasteiger partial charge in [0.25, 0.3) is 5.56 Å². The first-order valence-corrected chi connectivity index (χ1v) is 7.92. The lowest BCUT2D eigenvalue weighted by Crippen LogP contribution is -2.24. The van der Waals surface area contributed by atoms with Crippen molar-refractivity contribution in [1.29, 1.82) is 0 Å². The molecule has 0 aliphatic carbocycles. The first-order valence-electron chi connectivity index (χ1n) is 7.54. The van der Waals surface area contributed by atoms with Crippen molar-refractivity contribution >= 4 is 22.5 Å². The quantitative estimate of drug-likeness (QED) is 0.552. The average molecular weight is 355 g/mol. The van der Waals surface area contributed by atoms with Crippen molar-refractivity contribution in [3.63, 3.8) is 0 Å². The molecule has 0 N–H and O–H groups in total. The van der Waals surface area contributed by atoms with E-state index in [1.807, 2.05) is 0 Å². The van der Waals surface area contributed by atoms with Gasteiger partial charge >= 0.3 is 0 Å². The van der Waals surface area contributed by atoms with Crippen molar-refractivity contribution in [2.45, 2.75) is 6.92 Å². The van der Waals surface area contributed by atoms with Gasteiger partial charge in [0.2, 0.25) is 0 Å². The second kappa shape index (κ2) is 5.82. The molecule has 25 heavy (non-hydrogen) atoms. The Bertz CT molecular complexity index is 1150. The number of hydrogen-bond donors (Lipinski definition) is 0. The average Bonchev–Trinajstić information content (AvgIpc) is 3.05. The molecule has 0 saturated carbocycles. The summed E-state index contributed by atoms with van der Waals surface area (Å²) in [7, 11) is 0. The molecule has 4 aromatic rings. The first-order chi connectivity index (χ1) is 12.0. The SMILES string of the molecule is Cc1nn(-c2cccc(Cl)c2)c(=O)c2c1cnn2-c1ccc(F)cc1. The molecule has 5 nitrogen and oxygen atoms in total. The molecule has 0 aliphatic heterocycles. The number of rotatable bonds is 2. The Balaban J connectivity index is 2.02. The van der Waals surface area contributed by atoms with Gasteiger partial charge in [0.15, 0.2) is 0 Å². The highest BCUT2D eigenvalue weighted by molar-refractivity contribution is 6.30. The Labute approximate surface area is 146 Å². The Morgan fingerprint density at radius 2 is 1.80 bits per heavy atom. The minimum absolute atomic E-state index is 0.329. The fraction of sp³-hybridized carbons (Fsp3) is 0.0556. The smallest absolute Gasteiger partial charge is 0.265 e. The minimum Gasteiger partial charge on any atom is -0.265 e. The molecule has 4 rings (SSSR count). The van der Waals surface area contributed by atoms with Crippen molar-refractivity contribution < 1.29 is 4.39 Å². The molecule has 0 spiro atoms. The van der Waals surface area contributed by atoms with Gasteiger partial charge in [-0.3, -0.25) is 4.79 Å². The third kappa shape index (κ3) is 2.60. The summed E-state index contributed by atoms with van der Waals surface area (Å²) in [5.74, 6) is -0.352. The van der Waals surface area contributed by atoms with Crippen molar-refractivity contribution in [1.82, 2.24) is 19.6 Å². The van der Waals surface area contributed by atoms with Crippen LogP contribution in [-0.2, 0) is 0 Å². The molecule has 0 saturated heterocycles. The number of nitrogens with zero attached hydrogens (tertiary/aromatic N) is 4. The number of aromatic nitrogens is 4. The van der Waals surface area contributed by atoms with Gasteiger partial charge in [-0.1, -0.05) is 17.7 Å². The second-order valence-corrected chi connectivity index (χ2v) is 6.01. The van der Waals surface area contributed by atoms with Crippen molar-refractivity contribution in [3.8, 4) is 11.4 Å². The normalized spacial score (nSPS) is 11.2. The summed E-state index contributed by atoms with van der Waals surface area (Å²) >= 11 is 6.03. The van der Waals surface area contributed by atoms with E-state index < -0.39 is 0 Å². The van der Waals surface area contributed by atoms with E-state index in [4.69, 9.17) is 11.6 Å². The molecule has 7 heteroatoms. The summed E-state index contributed by atoms with van der Waals surface area (Å²) in [5.41, 5.74) is 1.86. The summed E-state index contributed by atoms with van der Waals surface area (Å²) in [6.07, 6.45) is 1.59. The topological polar surface area (TPSA) is 52.7 Å². The van der Waals surface area contributed by atoms with E-state index in [1.54, 1.807) is 49.5 Å². The Morgan fingerprint density at radius 1 is 1.04 bits per heavy atom. The van der Waals surface area contributed by atoms with Crippen molar-refractivity contribution in [2.75, 3.05) is 0 Å². The highest BCUT2D eigenvalue weighted by atomic mass is 35.5. The fourth-order valence-electron chi connectivity index (χ4n) is 2.73. The lowest BCUT2D eigenvalue weighted by Gasteiger charge is -2.09. The van der Waals surface area contributed by atoms with Crippen LogP contribution in [0.4, 0.5) is 4.39 Å². The van der Waals surface area contributed by atoms with Crippen LogP contribution in [-0.4, -0.2) is 19.6 Å². The van der Waals surface area contributed by atoms with E-state index in [2.05, 4.69) is 10.2 Å². The highest BCUT2D eigenvalue weighted by Crippen LogP contribution is 2.19. The van der Waals surface area contributed by atoms with E-state index in [9.17, 15) is 9.18 Å². The van der Waals surface area contributed by atoms with Crippen LogP contribution < -0.4 is 5.56 Å². The van der Waals surface area contributed by atoms with Gasteiger partial charge in [-0.25, -0.2) is 9.07 Å². The third-order valence-electron chi connectivity index (χ3n) is 3.93. The van der Waals surface area contributed by atoms with Gasteiger partial charge in [0.05, 0.1) is 23.3 Å². The molecule has 0 fully saturated rings. The van der Waals surface area contributed by atoms with E-state index in [-0.39, 0.29) is 11.4 Å². The molecule has 124 valence electrons. The van der Waals surface area contributed by atoms with Gasteiger partial charge in [-0.2, -0.15) is 14.9 Å². The molecule has 2 aromatic heterocycles. The first kappa shape index (κ1) is 15.5. The Kier molecular flexibility index (Phi) is 3.62. The molecule has 0 amide bonds. The van der Waals surface area contributed by atoms with E-state index in [0.717, 1.165) is 0 Å². The lowest BCUT2D eigenvalue weighted by molar-refractivity contribution is 0.627. The zero-order valence-corrected chi connectivity index (χ0v) is 13.9. The zero-order chi connectivity index (χ0) is 17.6. The summed E-state index contributed by atoms with van der Waals surface area (Å²) in [4.78, 5) is 13.0. The summed E-state index contributed by atoms with van der Waals surface area (Å²) in [6, 6.07) is 12.7. The molecule has 0 aliphatic rings. The molecule has 0 bridgehead atoms. The summed E-state index contributed by atoms with van der Waals surface area (Å²) in [5, 5.41) is 9.81. The molecular weight excluding hydrogens is 343 g/mol. The zero-order valence-electron chi connectivity index (χ0n) is 13.1. The fourth-order valence-corrected chi connectivity index (χ4v) is 2.91. The monoisotopic (exact) mass is 354 g/mol. The standard InChI is InChI=1S/C18H12ClFN4O/c1-11-16-10-21-23(14-7-5-13(20)6-8-14)17(16)18(25)24(22-11)15-4-2-3-12(19)9-15/h2-10H,1H3. The molecule has 0 radical (unpaired) electrons.